The van der Waals surface area contributed by atoms with Crippen LogP contribution in [0.5, 0.6) is 5.75 Å². The van der Waals surface area contributed by atoms with E-state index in [4.69, 9.17) is 4.74 Å². The zero-order chi connectivity index (χ0) is 20.6. The Morgan fingerprint density at radius 3 is 2.30 bits per heavy atom. The first-order valence-electron chi connectivity index (χ1n) is 10.3. The molecule has 1 N–H and O–H groups in total. The molecule has 4 rings (SSSR count). The highest BCUT2D eigenvalue weighted by Gasteiger charge is 2.12. The van der Waals surface area contributed by atoms with Crippen molar-refractivity contribution in [3.8, 4) is 5.75 Å². The monoisotopic (exact) mass is 418 g/mol. The maximum Gasteiger partial charge on any atom is 0.255 e. The Balaban J connectivity index is 1.24. The minimum Gasteiger partial charge on any atom is -0.493 e. The van der Waals surface area contributed by atoms with Crippen LogP contribution in [-0.2, 0) is 0 Å². The maximum absolute atomic E-state index is 12.5. The van der Waals surface area contributed by atoms with Crippen LogP contribution in [0.3, 0.4) is 0 Å². The van der Waals surface area contributed by atoms with Crippen LogP contribution >= 0.6 is 11.8 Å². The fourth-order valence-corrected chi connectivity index (χ4v) is 4.22. The van der Waals surface area contributed by atoms with Crippen molar-refractivity contribution in [2.75, 3.05) is 35.7 Å². The number of hydrogen-bond donors (Lipinski definition) is 1. The Labute approximate surface area is 182 Å². The van der Waals surface area contributed by atoms with Gasteiger partial charge in [-0.2, -0.15) is 0 Å². The predicted octanol–water partition coefficient (Wildman–Crippen LogP) is 5.71. The zero-order valence-electron chi connectivity index (χ0n) is 16.9. The van der Waals surface area contributed by atoms with E-state index in [9.17, 15) is 4.79 Å². The van der Waals surface area contributed by atoms with Gasteiger partial charge in [0.1, 0.15) is 5.75 Å². The molecule has 1 fully saturated rings. The lowest BCUT2D eigenvalue weighted by Gasteiger charge is -2.17. The molecule has 0 saturated carbocycles. The SMILES string of the molecule is O=C(Nc1ccc(N2CCCC2)cc1)c1ccc(OCCSc2ccccc2)cc1. The highest BCUT2D eigenvalue weighted by Crippen LogP contribution is 2.23. The van der Waals surface area contributed by atoms with E-state index in [-0.39, 0.29) is 5.91 Å². The van der Waals surface area contributed by atoms with Gasteiger partial charge in [0.15, 0.2) is 0 Å². The van der Waals surface area contributed by atoms with E-state index in [0.717, 1.165) is 30.3 Å². The van der Waals surface area contributed by atoms with Gasteiger partial charge >= 0.3 is 0 Å². The second kappa shape index (κ2) is 10.2. The number of carbonyl (C=O) groups is 1. The number of ether oxygens (including phenoxy) is 1. The third kappa shape index (κ3) is 5.57. The molecule has 1 aliphatic rings. The molecule has 1 amide bonds. The van der Waals surface area contributed by atoms with Crippen LogP contribution in [0.15, 0.2) is 83.8 Å². The van der Waals surface area contributed by atoms with E-state index >= 15 is 0 Å². The number of anilines is 2. The van der Waals surface area contributed by atoms with Crippen molar-refractivity contribution in [2.45, 2.75) is 17.7 Å². The summed E-state index contributed by atoms with van der Waals surface area (Å²) in [7, 11) is 0. The number of thioether (sulfide) groups is 1. The Kier molecular flexibility index (Phi) is 6.93. The highest BCUT2D eigenvalue weighted by atomic mass is 32.2. The van der Waals surface area contributed by atoms with Gasteiger partial charge in [0.25, 0.3) is 5.91 Å². The normalized spacial score (nSPS) is 13.3. The smallest absolute Gasteiger partial charge is 0.255 e. The molecule has 1 saturated heterocycles. The van der Waals surface area contributed by atoms with E-state index in [0.29, 0.717) is 12.2 Å². The van der Waals surface area contributed by atoms with E-state index in [1.807, 2.05) is 42.5 Å². The molecule has 3 aromatic rings. The second-order valence-electron chi connectivity index (χ2n) is 7.23. The lowest BCUT2D eigenvalue weighted by Crippen LogP contribution is -2.17. The van der Waals surface area contributed by atoms with Crippen molar-refractivity contribution >= 4 is 29.0 Å². The summed E-state index contributed by atoms with van der Waals surface area (Å²) in [5, 5.41) is 2.96. The molecule has 0 aliphatic carbocycles. The zero-order valence-corrected chi connectivity index (χ0v) is 17.7. The van der Waals surface area contributed by atoms with Crippen LogP contribution in [-0.4, -0.2) is 31.4 Å². The van der Waals surface area contributed by atoms with E-state index in [2.05, 4.69) is 34.5 Å². The number of amides is 1. The first-order chi connectivity index (χ1) is 14.8. The molecule has 154 valence electrons. The van der Waals surface area contributed by atoms with Crippen molar-refractivity contribution in [1.82, 2.24) is 0 Å². The van der Waals surface area contributed by atoms with Gasteiger partial charge in [0.2, 0.25) is 0 Å². The number of carbonyl (C=O) groups excluding carboxylic acids is 1. The fourth-order valence-electron chi connectivity index (χ4n) is 3.47. The van der Waals surface area contributed by atoms with Crippen molar-refractivity contribution in [3.63, 3.8) is 0 Å². The first-order valence-corrected chi connectivity index (χ1v) is 11.3. The lowest BCUT2D eigenvalue weighted by atomic mass is 10.2. The van der Waals surface area contributed by atoms with Gasteiger partial charge in [0.05, 0.1) is 6.61 Å². The van der Waals surface area contributed by atoms with Gasteiger partial charge in [-0.25, -0.2) is 0 Å². The van der Waals surface area contributed by atoms with Crippen molar-refractivity contribution < 1.29 is 9.53 Å². The third-order valence-corrected chi connectivity index (χ3v) is 6.05. The van der Waals surface area contributed by atoms with Crippen molar-refractivity contribution in [2.24, 2.45) is 0 Å². The maximum atomic E-state index is 12.5. The number of hydrogen-bond acceptors (Lipinski definition) is 4. The van der Waals surface area contributed by atoms with E-state index in [1.54, 1.807) is 23.9 Å². The summed E-state index contributed by atoms with van der Waals surface area (Å²) < 4.78 is 5.79. The molecule has 3 aromatic carbocycles. The summed E-state index contributed by atoms with van der Waals surface area (Å²) in [5.41, 5.74) is 2.64. The Bertz CT molecular complexity index is 937. The topological polar surface area (TPSA) is 41.6 Å². The summed E-state index contributed by atoms with van der Waals surface area (Å²) in [6.45, 7) is 2.85. The van der Waals surface area contributed by atoms with Crippen LogP contribution in [0.1, 0.15) is 23.2 Å². The third-order valence-electron chi connectivity index (χ3n) is 5.08. The van der Waals surface area contributed by atoms with Gasteiger partial charge in [-0.3, -0.25) is 4.79 Å². The van der Waals surface area contributed by atoms with Crippen molar-refractivity contribution in [1.29, 1.82) is 0 Å². The Hall–Kier alpha value is -2.92. The average molecular weight is 419 g/mol. The molecule has 1 aliphatic heterocycles. The Morgan fingerprint density at radius 2 is 1.60 bits per heavy atom. The van der Waals surface area contributed by atoms with Crippen LogP contribution in [0, 0.1) is 0 Å². The highest BCUT2D eigenvalue weighted by molar-refractivity contribution is 7.99. The minimum atomic E-state index is -0.116. The first kappa shape index (κ1) is 20.4. The molecule has 0 aromatic heterocycles. The predicted molar refractivity (Wildman–Crippen MR) is 125 cm³/mol. The molecule has 4 nitrogen and oxygen atoms in total. The summed E-state index contributed by atoms with van der Waals surface area (Å²) in [6.07, 6.45) is 2.51. The number of benzene rings is 3. The second-order valence-corrected chi connectivity index (χ2v) is 8.40. The minimum absolute atomic E-state index is 0.116. The van der Waals surface area contributed by atoms with Crippen LogP contribution in [0.25, 0.3) is 0 Å². The van der Waals surface area contributed by atoms with Crippen LogP contribution < -0.4 is 15.0 Å². The van der Waals surface area contributed by atoms with Gasteiger partial charge in [-0.1, -0.05) is 18.2 Å². The van der Waals surface area contributed by atoms with Gasteiger partial charge in [-0.05, 0) is 73.5 Å². The molecule has 0 radical (unpaired) electrons. The Morgan fingerprint density at radius 1 is 0.900 bits per heavy atom. The van der Waals surface area contributed by atoms with Gasteiger partial charge < -0.3 is 15.0 Å². The largest absolute Gasteiger partial charge is 0.493 e. The molecule has 0 spiro atoms. The summed E-state index contributed by atoms with van der Waals surface area (Å²) >= 11 is 1.77. The van der Waals surface area contributed by atoms with E-state index < -0.39 is 0 Å². The number of rotatable bonds is 8. The fraction of sp³-hybridized carbons (Fsp3) is 0.240. The van der Waals surface area contributed by atoms with Crippen molar-refractivity contribution in [3.05, 3.63) is 84.4 Å². The molecular weight excluding hydrogens is 392 g/mol. The summed E-state index contributed by atoms with van der Waals surface area (Å²) in [6, 6.07) is 25.7. The average Bonchev–Trinajstić information content (AvgIpc) is 3.33. The van der Waals surface area contributed by atoms with Crippen LogP contribution in [0.2, 0.25) is 0 Å². The van der Waals surface area contributed by atoms with Gasteiger partial charge in [0, 0.05) is 40.7 Å². The molecular formula is C25H26N2O2S. The molecule has 1 heterocycles. The molecule has 30 heavy (non-hydrogen) atoms. The summed E-state index contributed by atoms with van der Waals surface area (Å²) in [4.78, 5) is 16.1. The van der Waals surface area contributed by atoms with Gasteiger partial charge in [-0.15, -0.1) is 11.8 Å². The standard InChI is InChI=1S/C25H26N2O2S/c28-25(26-21-10-12-22(13-11-21)27-16-4-5-17-27)20-8-14-23(15-9-20)29-18-19-30-24-6-2-1-3-7-24/h1-3,6-15H,4-5,16-19H2,(H,26,28). The molecule has 0 atom stereocenters. The van der Waals surface area contributed by atoms with E-state index in [1.165, 1.54) is 23.4 Å². The lowest BCUT2D eigenvalue weighted by molar-refractivity contribution is 0.102. The summed E-state index contributed by atoms with van der Waals surface area (Å²) in [5.74, 6) is 1.53. The van der Waals surface area contributed by atoms with Crippen LogP contribution in [0.4, 0.5) is 11.4 Å². The quantitative estimate of drug-likeness (QED) is 0.376. The molecule has 5 heteroatoms. The number of nitrogens with one attached hydrogen (secondary N) is 1. The molecule has 0 unspecified atom stereocenters. The molecule has 0 bridgehead atoms. The number of nitrogens with zero attached hydrogens (tertiary/aromatic N) is 1.